The van der Waals surface area contributed by atoms with Gasteiger partial charge in [-0.3, -0.25) is 4.79 Å². The number of aromatic hydroxyl groups is 1. The maximum Gasteiger partial charge on any atom is 0.259 e. The molecule has 0 radical (unpaired) electrons. The third-order valence-corrected chi connectivity index (χ3v) is 3.23. The molecule has 5 heteroatoms. The number of methoxy groups -OCH3 is 1. The zero-order valence-electron chi connectivity index (χ0n) is 11.6. The summed E-state index contributed by atoms with van der Waals surface area (Å²) in [6.45, 7) is 0. The highest BCUT2D eigenvalue weighted by Gasteiger charge is 2.12. The van der Waals surface area contributed by atoms with Gasteiger partial charge in [0.15, 0.2) is 0 Å². The molecule has 2 rings (SSSR count). The molecule has 0 saturated carbocycles. The van der Waals surface area contributed by atoms with Crippen LogP contribution in [0.2, 0.25) is 0 Å². The predicted octanol–water partition coefficient (Wildman–Crippen LogP) is 3.43. The number of carbonyl (C=O) groups excluding carboxylic acids is 1. The second-order valence-corrected chi connectivity index (χ2v) is 4.85. The van der Waals surface area contributed by atoms with Gasteiger partial charge in [0.05, 0.1) is 12.7 Å². The van der Waals surface area contributed by atoms with Crippen LogP contribution >= 0.6 is 11.6 Å². The van der Waals surface area contributed by atoms with Gasteiger partial charge in [-0.2, -0.15) is 0 Å². The van der Waals surface area contributed by atoms with E-state index in [-0.39, 0.29) is 11.3 Å². The van der Waals surface area contributed by atoms with Crippen LogP contribution in [-0.4, -0.2) is 24.0 Å². The van der Waals surface area contributed by atoms with Gasteiger partial charge in [0.2, 0.25) is 0 Å². The highest BCUT2D eigenvalue weighted by molar-refractivity contribution is 6.18. The number of nitrogens with one attached hydrogen (secondary N) is 1. The number of amides is 1. The molecule has 0 unspecified atom stereocenters. The molecule has 0 aliphatic rings. The normalized spacial score (nSPS) is 10.2. The van der Waals surface area contributed by atoms with E-state index in [1.54, 1.807) is 18.2 Å². The van der Waals surface area contributed by atoms with Crippen molar-refractivity contribution < 1.29 is 14.6 Å². The lowest BCUT2D eigenvalue weighted by Crippen LogP contribution is -2.12. The molecule has 0 atom stereocenters. The molecule has 0 fully saturated rings. The van der Waals surface area contributed by atoms with Crippen molar-refractivity contribution in [3.63, 3.8) is 0 Å². The van der Waals surface area contributed by atoms with Crippen LogP contribution in [0.3, 0.4) is 0 Å². The fourth-order valence-corrected chi connectivity index (χ4v) is 2.10. The number of phenols is 1. The lowest BCUT2D eigenvalue weighted by Gasteiger charge is -2.09. The summed E-state index contributed by atoms with van der Waals surface area (Å²) >= 11 is 5.68. The summed E-state index contributed by atoms with van der Waals surface area (Å²) in [7, 11) is 1.50. The van der Waals surface area contributed by atoms with Gasteiger partial charge >= 0.3 is 0 Å². The first-order valence-electron chi connectivity index (χ1n) is 6.47. The zero-order valence-corrected chi connectivity index (χ0v) is 12.4. The van der Waals surface area contributed by atoms with Crippen molar-refractivity contribution >= 4 is 23.2 Å². The summed E-state index contributed by atoms with van der Waals surface area (Å²) in [4.78, 5) is 12.2. The van der Waals surface area contributed by atoms with Crippen LogP contribution in [0.4, 0.5) is 5.69 Å². The Balaban J connectivity index is 2.14. The first-order valence-corrected chi connectivity index (χ1v) is 7.00. The average Bonchev–Trinajstić information content (AvgIpc) is 2.50. The Morgan fingerprint density at radius 2 is 1.95 bits per heavy atom. The third-order valence-electron chi connectivity index (χ3n) is 3.04. The largest absolute Gasteiger partial charge is 0.507 e. The van der Waals surface area contributed by atoms with Crippen LogP contribution in [0.1, 0.15) is 15.9 Å². The number of hydrogen-bond acceptors (Lipinski definition) is 3. The van der Waals surface area contributed by atoms with Crippen molar-refractivity contribution in [2.45, 2.75) is 6.42 Å². The van der Waals surface area contributed by atoms with E-state index in [4.69, 9.17) is 16.3 Å². The fraction of sp³-hybridized carbons (Fsp3) is 0.188. The molecule has 2 aromatic rings. The standard InChI is InChI=1S/C16H16ClNO3/c1-21-13-6-7-15(19)14(10-13)16(20)18-12-4-2-11(3-5-12)8-9-17/h2-7,10,19H,8-9H2,1H3,(H,18,20). The highest BCUT2D eigenvalue weighted by atomic mass is 35.5. The molecule has 110 valence electrons. The van der Waals surface area contributed by atoms with Crippen LogP contribution in [0.15, 0.2) is 42.5 Å². The van der Waals surface area contributed by atoms with Crippen LogP contribution < -0.4 is 10.1 Å². The van der Waals surface area contributed by atoms with Gasteiger partial charge in [-0.05, 0) is 42.3 Å². The Bertz CT molecular complexity index is 626. The molecule has 0 bridgehead atoms. The average molecular weight is 306 g/mol. The lowest BCUT2D eigenvalue weighted by molar-refractivity contribution is 0.102. The molecule has 4 nitrogen and oxygen atoms in total. The SMILES string of the molecule is COc1ccc(O)c(C(=O)Nc2ccc(CCCl)cc2)c1. The second-order valence-electron chi connectivity index (χ2n) is 4.47. The van der Waals surface area contributed by atoms with Crippen molar-refractivity contribution in [2.24, 2.45) is 0 Å². The van der Waals surface area contributed by atoms with Crippen molar-refractivity contribution in [3.05, 3.63) is 53.6 Å². The Kier molecular flexibility index (Phi) is 5.06. The van der Waals surface area contributed by atoms with E-state index in [0.717, 1.165) is 12.0 Å². The van der Waals surface area contributed by atoms with E-state index in [2.05, 4.69) is 5.32 Å². The van der Waals surface area contributed by atoms with Crippen molar-refractivity contribution in [2.75, 3.05) is 18.3 Å². The first-order chi connectivity index (χ1) is 10.1. The number of aryl methyl sites for hydroxylation is 1. The topological polar surface area (TPSA) is 58.6 Å². The number of benzene rings is 2. The number of phenolic OH excluding ortho intramolecular Hbond substituents is 1. The van der Waals surface area contributed by atoms with Crippen LogP contribution in [0.5, 0.6) is 11.5 Å². The molecule has 0 spiro atoms. The minimum absolute atomic E-state index is 0.0907. The summed E-state index contributed by atoms with van der Waals surface area (Å²) in [6, 6.07) is 11.9. The Hall–Kier alpha value is -2.20. The number of carbonyl (C=O) groups is 1. The third kappa shape index (κ3) is 3.89. The van der Waals surface area contributed by atoms with E-state index in [9.17, 15) is 9.90 Å². The quantitative estimate of drug-likeness (QED) is 0.832. The molecule has 0 heterocycles. The lowest BCUT2D eigenvalue weighted by atomic mass is 10.1. The molecule has 2 aromatic carbocycles. The summed E-state index contributed by atoms with van der Waals surface area (Å²) < 4.78 is 5.05. The first kappa shape index (κ1) is 15.2. The molecular formula is C16H16ClNO3. The van der Waals surface area contributed by atoms with E-state index in [1.165, 1.54) is 19.2 Å². The van der Waals surface area contributed by atoms with Gasteiger partial charge in [-0.15, -0.1) is 11.6 Å². The van der Waals surface area contributed by atoms with Gasteiger partial charge in [0, 0.05) is 11.6 Å². The van der Waals surface area contributed by atoms with E-state index < -0.39 is 5.91 Å². The van der Waals surface area contributed by atoms with Gasteiger partial charge in [-0.25, -0.2) is 0 Å². The molecule has 0 aromatic heterocycles. The van der Waals surface area contributed by atoms with E-state index in [0.29, 0.717) is 17.3 Å². The van der Waals surface area contributed by atoms with Crippen LogP contribution in [0, 0.1) is 0 Å². The van der Waals surface area contributed by atoms with Crippen molar-refractivity contribution in [1.29, 1.82) is 0 Å². The molecule has 1 amide bonds. The monoisotopic (exact) mass is 305 g/mol. The Morgan fingerprint density at radius 1 is 1.24 bits per heavy atom. The van der Waals surface area contributed by atoms with Gasteiger partial charge in [0.25, 0.3) is 5.91 Å². The maximum absolute atomic E-state index is 12.2. The van der Waals surface area contributed by atoms with Crippen LogP contribution in [0.25, 0.3) is 0 Å². The maximum atomic E-state index is 12.2. The minimum atomic E-state index is -0.392. The summed E-state index contributed by atoms with van der Waals surface area (Å²) in [5, 5.41) is 12.5. The van der Waals surface area contributed by atoms with Gasteiger partial charge in [0.1, 0.15) is 11.5 Å². The Morgan fingerprint density at radius 3 is 2.57 bits per heavy atom. The molecule has 0 saturated heterocycles. The van der Waals surface area contributed by atoms with Crippen molar-refractivity contribution in [1.82, 2.24) is 0 Å². The summed E-state index contributed by atoms with van der Waals surface area (Å²) in [5.41, 5.74) is 1.92. The Labute approximate surface area is 128 Å². The van der Waals surface area contributed by atoms with Crippen LogP contribution in [-0.2, 0) is 6.42 Å². The summed E-state index contributed by atoms with van der Waals surface area (Å²) in [6.07, 6.45) is 0.784. The van der Waals surface area contributed by atoms with Gasteiger partial charge < -0.3 is 15.2 Å². The van der Waals surface area contributed by atoms with E-state index >= 15 is 0 Å². The predicted molar refractivity (Wildman–Crippen MR) is 83.5 cm³/mol. The number of ether oxygens (including phenoxy) is 1. The number of alkyl halides is 1. The van der Waals surface area contributed by atoms with Crippen molar-refractivity contribution in [3.8, 4) is 11.5 Å². The minimum Gasteiger partial charge on any atom is -0.507 e. The molecular weight excluding hydrogens is 290 g/mol. The zero-order chi connectivity index (χ0) is 15.2. The fourth-order valence-electron chi connectivity index (χ4n) is 1.89. The second kappa shape index (κ2) is 6.99. The molecule has 2 N–H and O–H groups in total. The number of anilines is 1. The number of rotatable bonds is 5. The van der Waals surface area contributed by atoms with E-state index in [1.807, 2.05) is 12.1 Å². The molecule has 0 aliphatic carbocycles. The highest BCUT2D eigenvalue weighted by Crippen LogP contribution is 2.24. The molecule has 21 heavy (non-hydrogen) atoms. The number of hydrogen-bond donors (Lipinski definition) is 2. The smallest absolute Gasteiger partial charge is 0.259 e. The number of halogens is 1. The molecule has 0 aliphatic heterocycles. The summed E-state index contributed by atoms with van der Waals surface area (Å²) in [5.74, 6) is 0.586. The van der Waals surface area contributed by atoms with Gasteiger partial charge in [-0.1, -0.05) is 12.1 Å².